The van der Waals surface area contributed by atoms with Gasteiger partial charge in [-0.15, -0.1) is 0 Å². The number of rotatable bonds is 4. The van der Waals surface area contributed by atoms with Gasteiger partial charge in [0.15, 0.2) is 0 Å². The summed E-state index contributed by atoms with van der Waals surface area (Å²) in [5.74, 6) is 0.811. The zero-order chi connectivity index (χ0) is 27.5. The maximum Gasteiger partial charge on any atom is 0.488 e. The first kappa shape index (κ1) is 24.2. The molecule has 0 bridgehead atoms. The molecule has 2 aromatic heterocycles. The van der Waals surface area contributed by atoms with Crippen LogP contribution in [0.3, 0.4) is 0 Å². The minimum atomic E-state index is -1.47. The molecule has 0 aliphatic heterocycles. The number of benzene rings is 4. The van der Waals surface area contributed by atoms with E-state index in [9.17, 15) is 10.0 Å². The molecule has 0 saturated heterocycles. The molecule has 2 N–H and O–H groups in total. The number of fused-ring (bicyclic) bond motifs is 6. The molecule has 2 aliphatic carbocycles. The highest BCUT2D eigenvalue weighted by atomic mass is 16.4. The van der Waals surface area contributed by atoms with Crippen LogP contribution in [0.1, 0.15) is 17.7 Å². The van der Waals surface area contributed by atoms with Gasteiger partial charge in [0.1, 0.15) is 0 Å². The minimum Gasteiger partial charge on any atom is -0.423 e. The summed E-state index contributed by atoms with van der Waals surface area (Å²) in [7, 11) is -1.47. The molecule has 41 heavy (non-hydrogen) atoms. The Morgan fingerprint density at radius 1 is 0.659 bits per heavy atom. The van der Waals surface area contributed by atoms with Crippen molar-refractivity contribution in [3.8, 4) is 11.4 Å². The van der Waals surface area contributed by atoms with Gasteiger partial charge < -0.3 is 19.2 Å². The summed E-state index contributed by atoms with van der Waals surface area (Å²) in [5.41, 5.74) is 7.72. The summed E-state index contributed by atoms with van der Waals surface area (Å²) in [6.07, 6.45) is 11.7. The zero-order valence-corrected chi connectivity index (χ0v) is 22.6. The fourth-order valence-electron chi connectivity index (χ4n) is 6.95. The predicted octanol–water partition coefficient (Wildman–Crippen LogP) is 4.72. The number of hydrogen-bond acceptors (Lipinski definition) is 2. The van der Waals surface area contributed by atoms with Gasteiger partial charge >= 0.3 is 7.12 Å². The standard InChI is InChI=1S/C36H29BN2O2/c40-37(41)26-16-18-28(19-17-26)39-34-13-7-5-11-30(34)32-23-25(15-21-36(32)39)24-14-20-35-31(22-24)29-10-4-6-12-33(29)38(35)27-8-2-1-3-9-27/h1-13,15-22,24-25,40-41H,14,23H2. The van der Waals surface area contributed by atoms with Gasteiger partial charge in [0, 0.05) is 38.4 Å². The predicted molar refractivity (Wildman–Crippen MR) is 169 cm³/mol. The number of para-hydroxylation sites is 3. The van der Waals surface area contributed by atoms with E-state index in [-0.39, 0.29) is 0 Å². The van der Waals surface area contributed by atoms with Gasteiger partial charge in [-0.1, -0.05) is 85.0 Å². The molecule has 4 nitrogen and oxygen atoms in total. The topological polar surface area (TPSA) is 50.3 Å². The van der Waals surface area contributed by atoms with E-state index in [1.165, 1.54) is 49.3 Å². The highest BCUT2D eigenvalue weighted by Gasteiger charge is 2.28. The Kier molecular flexibility index (Phi) is 5.63. The summed E-state index contributed by atoms with van der Waals surface area (Å²) < 4.78 is 4.70. The van der Waals surface area contributed by atoms with Crippen LogP contribution < -0.4 is 16.0 Å². The van der Waals surface area contributed by atoms with Crippen LogP contribution in [0, 0.1) is 11.8 Å². The van der Waals surface area contributed by atoms with E-state index in [1.807, 2.05) is 12.1 Å². The summed E-state index contributed by atoms with van der Waals surface area (Å²) in [4.78, 5) is 0. The van der Waals surface area contributed by atoms with Crippen molar-refractivity contribution in [2.45, 2.75) is 12.8 Å². The van der Waals surface area contributed by atoms with E-state index in [1.54, 1.807) is 12.1 Å². The monoisotopic (exact) mass is 532 g/mol. The second kappa shape index (κ2) is 9.51. The van der Waals surface area contributed by atoms with Gasteiger partial charge in [0.2, 0.25) is 0 Å². The van der Waals surface area contributed by atoms with Crippen molar-refractivity contribution in [3.63, 3.8) is 0 Å². The molecule has 6 aromatic rings. The van der Waals surface area contributed by atoms with Crippen molar-refractivity contribution in [3.05, 3.63) is 131 Å². The average Bonchev–Trinajstić information content (AvgIpc) is 3.54. The Morgan fingerprint density at radius 2 is 1.32 bits per heavy atom. The number of nitrogens with zero attached hydrogens (tertiary/aromatic N) is 2. The second-order valence-corrected chi connectivity index (χ2v) is 11.2. The first-order valence-corrected chi connectivity index (χ1v) is 14.3. The normalized spacial score (nSPS) is 17.6. The molecule has 0 saturated carbocycles. The van der Waals surface area contributed by atoms with E-state index in [0.29, 0.717) is 17.3 Å². The van der Waals surface area contributed by atoms with E-state index < -0.39 is 7.12 Å². The zero-order valence-electron chi connectivity index (χ0n) is 22.6. The van der Waals surface area contributed by atoms with E-state index in [0.717, 1.165) is 18.5 Å². The van der Waals surface area contributed by atoms with Crippen LogP contribution in [0.5, 0.6) is 0 Å². The average molecular weight is 532 g/mol. The Labute approximate surface area is 238 Å². The molecule has 5 heteroatoms. The van der Waals surface area contributed by atoms with Gasteiger partial charge in [0.25, 0.3) is 0 Å². The van der Waals surface area contributed by atoms with Crippen LogP contribution in [0.4, 0.5) is 0 Å². The lowest BCUT2D eigenvalue weighted by Crippen LogP contribution is -2.34. The quantitative estimate of drug-likeness (QED) is 0.323. The number of allylic oxidation sites excluding steroid dienone is 1. The van der Waals surface area contributed by atoms with Gasteiger partial charge in [-0.3, -0.25) is 0 Å². The van der Waals surface area contributed by atoms with Gasteiger partial charge in [0.05, 0.1) is 11.0 Å². The van der Waals surface area contributed by atoms with Gasteiger partial charge in [-0.2, -0.15) is 0 Å². The van der Waals surface area contributed by atoms with E-state index in [4.69, 9.17) is 0 Å². The summed E-state index contributed by atoms with van der Waals surface area (Å²) >= 11 is 0. The molecule has 0 amide bonds. The van der Waals surface area contributed by atoms with Crippen molar-refractivity contribution >= 4 is 52.6 Å². The molecular formula is C36H29BN2O2. The number of aromatic nitrogens is 2. The molecule has 0 spiro atoms. The summed E-state index contributed by atoms with van der Waals surface area (Å²) in [6.45, 7) is 0. The fraction of sp³-hybridized carbons (Fsp3) is 0.111. The molecule has 0 fully saturated rings. The van der Waals surface area contributed by atoms with Crippen LogP contribution in [-0.2, 0) is 6.42 Å². The van der Waals surface area contributed by atoms with Gasteiger partial charge in [-0.25, -0.2) is 0 Å². The SMILES string of the molecule is OB(O)c1ccc(-n2c3c(c4ccccc42)CC(C2C=c4c(n(-c5ccccc5)c5ccccc45)=CC2)C=C3)cc1. The third-order valence-electron chi connectivity index (χ3n) is 8.89. The lowest BCUT2D eigenvalue weighted by Gasteiger charge is -2.26. The van der Waals surface area contributed by atoms with Crippen LogP contribution >= 0.6 is 0 Å². The van der Waals surface area contributed by atoms with Gasteiger partial charge in [-0.05, 0) is 78.2 Å². The highest BCUT2D eigenvalue weighted by molar-refractivity contribution is 6.58. The summed E-state index contributed by atoms with van der Waals surface area (Å²) in [6, 6.07) is 35.5. The first-order chi connectivity index (χ1) is 20.2. The fourth-order valence-corrected chi connectivity index (χ4v) is 6.95. The molecule has 2 heterocycles. The smallest absolute Gasteiger partial charge is 0.423 e. The molecule has 198 valence electrons. The summed E-state index contributed by atoms with van der Waals surface area (Å²) in [5, 5.41) is 24.4. The van der Waals surface area contributed by atoms with Crippen molar-refractivity contribution in [1.29, 1.82) is 0 Å². The largest absolute Gasteiger partial charge is 0.488 e. The van der Waals surface area contributed by atoms with Crippen LogP contribution in [0.2, 0.25) is 0 Å². The molecule has 8 rings (SSSR count). The van der Waals surface area contributed by atoms with Crippen molar-refractivity contribution in [2.75, 3.05) is 0 Å². The number of hydrogen-bond donors (Lipinski definition) is 2. The second-order valence-electron chi connectivity index (χ2n) is 11.2. The lowest BCUT2D eigenvalue weighted by atomic mass is 9.79. The van der Waals surface area contributed by atoms with Crippen molar-refractivity contribution < 1.29 is 10.0 Å². The molecule has 4 aromatic carbocycles. The molecule has 2 unspecified atom stereocenters. The lowest BCUT2D eigenvalue weighted by molar-refractivity contribution is 0.426. The highest BCUT2D eigenvalue weighted by Crippen LogP contribution is 2.38. The minimum absolute atomic E-state index is 0.400. The Balaban J connectivity index is 1.22. The molecule has 0 radical (unpaired) electrons. The van der Waals surface area contributed by atoms with Crippen LogP contribution in [0.25, 0.3) is 51.4 Å². The third-order valence-corrected chi connectivity index (χ3v) is 8.89. The molecular weight excluding hydrogens is 503 g/mol. The Morgan fingerprint density at radius 3 is 2.07 bits per heavy atom. The third kappa shape index (κ3) is 3.85. The van der Waals surface area contributed by atoms with E-state index in [2.05, 4.69) is 112 Å². The first-order valence-electron chi connectivity index (χ1n) is 14.3. The van der Waals surface area contributed by atoms with Crippen molar-refractivity contribution in [1.82, 2.24) is 9.13 Å². The molecule has 2 atom stereocenters. The Hall–Kier alpha value is -4.58. The van der Waals surface area contributed by atoms with Crippen LogP contribution in [-0.4, -0.2) is 26.3 Å². The maximum absolute atomic E-state index is 9.57. The Bertz CT molecular complexity index is 2090. The molecule has 2 aliphatic rings. The van der Waals surface area contributed by atoms with Crippen molar-refractivity contribution in [2.24, 2.45) is 11.8 Å². The maximum atomic E-state index is 9.57. The van der Waals surface area contributed by atoms with Crippen LogP contribution in [0.15, 0.2) is 109 Å². The van der Waals surface area contributed by atoms with E-state index >= 15 is 0 Å².